The molecule has 0 spiro atoms. The maximum absolute atomic E-state index is 10.1. The second-order valence-corrected chi connectivity index (χ2v) is 3.47. The van der Waals surface area contributed by atoms with Gasteiger partial charge in [0.1, 0.15) is 0 Å². The van der Waals surface area contributed by atoms with Crippen molar-refractivity contribution in [2.75, 3.05) is 6.61 Å². The van der Waals surface area contributed by atoms with E-state index in [9.17, 15) is 4.79 Å². The summed E-state index contributed by atoms with van der Waals surface area (Å²) in [6, 6.07) is 0. The van der Waals surface area contributed by atoms with Crippen LogP contribution in [0.3, 0.4) is 0 Å². The molecule has 0 amide bonds. The van der Waals surface area contributed by atoms with Crippen molar-refractivity contribution in [2.45, 2.75) is 31.5 Å². The third kappa shape index (κ3) is 1.69. The molecule has 3 atom stereocenters. The van der Waals surface area contributed by atoms with Gasteiger partial charge in [-0.3, -0.25) is 0 Å². The van der Waals surface area contributed by atoms with E-state index in [1.807, 2.05) is 0 Å². The number of carbonyl (C=O) groups is 1. The van der Waals surface area contributed by atoms with Gasteiger partial charge in [0.2, 0.25) is 0 Å². The zero-order chi connectivity index (χ0) is 8.55. The summed E-state index contributed by atoms with van der Waals surface area (Å²) in [5.41, 5.74) is 0. The van der Waals surface area contributed by atoms with Crippen LogP contribution in [-0.2, 0) is 9.47 Å². The zero-order valence-corrected chi connectivity index (χ0v) is 6.73. The molecule has 0 aromatic rings. The topological polar surface area (TPSA) is 59.1 Å². The number of fused-ring (bicyclic) bond motifs is 1. The average molecular weight is 172 g/mol. The van der Waals surface area contributed by atoms with Crippen molar-refractivity contribution in [3.05, 3.63) is 0 Å². The van der Waals surface area contributed by atoms with Crippen molar-refractivity contribution in [1.82, 2.24) is 0 Å². The molecule has 2 rings (SSSR count). The molecule has 1 N–H and O–H groups in total. The van der Waals surface area contributed by atoms with Crippen LogP contribution < -0.4 is 0 Å². The predicted molar refractivity (Wildman–Crippen MR) is 40.0 cm³/mol. The molecule has 0 bridgehead atoms. The third-order valence-electron chi connectivity index (χ3n) is 2.56. The van der Waals surface area contributed by atoms with Crippen LogP contribution >= 0.6 is 0 Å². The van der Waals surface area contributed by atoms with Crippen LogP contribution in [0.1, 0.15) is 19.3 Å². The zero-order valence-electron chi connectivity index (χ0n) is 6.73. The molecule has 3 unspecified atom stereocenters. The first-order valence-corrected chi connectivity index (χ1v) is 4.27. The predicted octanol–water partition coefficient (Wildman–Crippen LogP) is 1.25. The van der Waals surface area contributed by atoms with E-state index in [1.165, 1.54) is 0 Å². The number of hydrogen-bond acceptors (Lipinski definition) is 3. The Hall–Kier alpha value is -0.770. The fourth-order valence-corrected chi connectivity index (χ4v) is 1.83. The van der Waals surface area contributed by atoms with E-state index in [0.29, 0.717) is 24.7 Å². The maximum Gasteiger partial charge on any atom is 0.505 e. The van der Waals surface area contributed by atoms with Crippen LogP contribution in [-0.4, -0.2) is 30.1 Å². The summed E-state index contributed by atoms with van der Waals surface area (Å²) in [7, 11) is 0. The van der Waals surface area contributed by atoms with E-state index in [2.05, 4.69) is 4.74 Å². The molecule has 0 aromatic carbocycles. The standard InChI is InChI=1S/C8H12O4/c9-8(10)11-4-5-1-2-6-7(3-5)12-6/h5-7H,1-4H2,(H,9,10). The van der Waals surface area contributed by atoms with Gasteiger partial charge in [-0.1, -0.05) is 0 Å². The largest absolute Gasteiger partial charge is 0.505 e. The lowest BCUT2D eigenvalue weighted by molar-refractivity contribution is 0.0716. The van der Waals surface area contributed by atoms with Crippen LogP contribution in [0.2, 0.25) is 0 Å². The second kappa shape index (κ2) is 2.94. The Bertz CT molecular complexity index is 191. The molecule has 4 nitrogen and oxygen atoms in total. The number of hydrogen-bond donors (Lipinski definition) is 1. The Morgan fingerprint density at radius 3 is 3.00 bits per heavy atom. The van der Waals surface area contributed by atoms with Gasteiger partial charge in [0.15, 0.2) is 0 Å². The monoisotopic (exact) mass is 172 g/mol. The van der Waals surface area contributed by atoms with E-state index in [-0.39, 0.29) is 0 Å². The van der Waals surface area contributed by atoms with Gasteiger partial charge in [-0.25, -0.2) is 4.79 Å². The normalized spacial score (nSPS) is 38.5. The van der Waals surface area contributed by atoms with Crippen molar-refractivity contribution < 1.29 is 19.4 Å². The van der Waals surface area contributed by atoms with E-state index >= 15 is 0 Å². The minimum Gasteiger partial charge on any atom is -0.450 e. The minimum atomic E-state index is -1.17. The molecule has 1 aliphatic heterocycles. The van der Waals surface area contributed by atoms with Gasteiger partial charge in [0.25, 0.3) is 0 Å². The highest BCUT2D eigenvalue weighted by atomic mass is 16.7. The molecular formula is C8H12O4. The van der Waals surface area contributed by atoms with Crippen molar-refractivity contribution in [1.29, 1.82) is 0 Å². The Balaban J connectivity index is 1.70. The Kier molecular flexibility index (Phi) is 1.92. The van der Waals surface area contributed by atoms with Crippen LogP contribution in [0.5, 0.6) is 0 Å². The van der Waals surface area contributed by atoms with Crippen LogP contribution in [0.25, 0.3) is 0 Å². The first-order chi connectivity index (χ1) is 5.75. The van der Waals surface area contributed by atoms with Gasteiger partial charge in [-0.2, -0.15) is 0 Å². The molecular weight excluding hydrogens is 160 g/mol. The SMILES string of the molecule is O=C(O)OCC1CCC2OC2C1. The van der Waals surface area contributed by atoms with Crippen molar-refractivity contribution >= 4 is 6.16 Å². The molecule has 1 heterocycles. The van der Waals surface area contributed by atoms with Crippen molar-refractivity contribution in [2.24, 2.45) is 5.92 Å². The number of ether oxygens (including phenoxy) is 2. The molecule has 12 heavy (non-hydrogen) atoms. The number of carboxylic acid groups (broad SMARTS) is 1. The van der Waals surface area contributed by atoms with Gasteiger partial charge < -0.3 is 14.6 Å². The highest BCUT2D eigenvalue weighted by molar-refractivity contribution is 5.56. The fourth-order valence-electron chi connectivity index (χ4n) is 1.83. The lowest BCUT2D eigenvalue weighted by Gasteiger charge is -2.17. The van der Waals surface area contributed by atoms with E-state index in [0.717, 1.165) is 19.3 Å². The van der Waals surface area contributed by atoms with Gasteiger partial charge >= 0.3 is 6.16 Å². The number of epoxide rings is 1. The molecule has 1 saturated carbocycles. The summed E-state index contributed by atoms with van der Waals surface area (Å²) in [6.07, 6.45) is 2.78. The Morgan fingerprint density at radius 2 is 2.33 bits per heavy atom. The van der Waals surface area contributed by atoms with Crippen LogP contribution in [0.4, 0.5) is 4.79 Å². The van der Waals surface area contributed by atoms with E-state index in [4.69, 9.17) is 9.84 Å². The summed E-state index contributed by atoms with van der Waals surface area (Å²) >= 11 is 0. The molecule has 0 radical (unpaired) electrons. The summed E-state index contributed by atoms with van der Waals surface area (Å²) in [5, 5.41) is 8.27. The summed E-state index contributed by atoms with van der Waals surface area (Å²) in [4.78, 5) is 10.1. The quantitative estimate of drug-likeness (QED) is 0.503. The minimum absolute atomic E-state index is 0.335. The molecule has 68 valence electrons. The lowest BCUT2D eigenvalue weighted by Crippen LogP contribution is -2.19. The lowest BCUT2D eigenvalue weighted by atomic mass is 9.90. The van der Waals surface area contributed by atoms with Crippen LogP contribution in [0.15, 0.2) is 0 Å². The number of rotatable bonds is 2. The summed E-state index contributed by atoms with van der Waals surface area (Å²) in [6.45, 7) is 0.335. The molecule has 1 saturated heterocycles. The van der Waals surface area contributed by atoms with E-state index in [1.54, 1.807) is 0 Å². The Labute approximate surface area is 70.5 Å². The molecule has 1 aliphatic carbocycles. The van der Waals surface area contributed by atoms with E-state index < -0.39 is 6.16 Å². The first kappa shape index (κ1) is 7.86. The first-order valence-electron chi connectivity index (χ1n) is 4.27. The fraction of sp³-hybridized carbons (Fsp3) is 0.875. The highest BCUT2D eigenvalue weighted by Gasteiger charge is 2.43. The molecule has 0 aromatic heterocycles. The van der Waals surface area contributed by atoms with Gasteiger partial charge in [0, 0.05) is 0 Å². The highest BCUT2D eigenvalue weighted by Crippen LogP contribution is 2.39. The molecule has 2 fully saturated rings. The summed E-state index contributed by atoms with van der Waals surface area (Å²) < 4.78 is 9.82. The van der Waals surface area contributed by atoms with Crippen molar-refractivity contribution in [3.63, 3.8) is 0 Å². The second-order valence-electron chi connectivity index (χ2n) is 3.47. The average Bonchev–Trinajstić information content (AvgIpc) is 2.78. The third-order valence-corrected chi connectivity index (χ3v) is 2.56. The Morgan fingerprint density at radius 1 is 1.50 bits per heavy atom. The van der Waals surface area contributed by atoms with Gasteiger partial charge in [-0.05, 0) is 25.2 Å². The smallest absolute Gasteiger partial charge is 0.450 e. The van der Waals surface area contributed by atoms with Crippen molar-refractivity contribution in [3.8, 4) is 0 Å². The maximum atomic E-state index is 10.1. The summed E-state index contributed by atoms with van der Waals surface area (Å²) in [5.74, 6) is 0.379. The van der Waals surface area contributed by atoms with Crippen LogP contribution in [0, 0.1) is 5.92 Å². The van der Waals surface area contributed by atoms with Gasteiger partial charge in [0.05, 0.1) is 18.8 Å². The molecule has 2 aliphatic rings. The molecule has 4 heteroatoms. The van der Waals surface area contributed by atoms with Gasteiger partial charge in [-0.15, -0.1) is 0 Å².